The molecule has 0 heterocycles. The quantitative estimate of drug-likeness (QED) is 0.609. The third-order valence-corrected chi connectivity index (χ3v) is 3.64. The van der Waals surface area contributed by atoms with Gasteiger partial charge in [-0.2, -0.15) is 0 Å². The van der Waals surface area contributed by atoms with Crippen LogP contribution in [-0.2, 0) is 9.53 Å². The number of methoxy groups -OCH3 is 1. The number of esters is 1. The first-order chi connectivity index (χ1) is 8.60. The van der Waals surface area contributed by atoms with E-state index < -0.39 is 5.54 Å². The van der Waals surface area contributed by atoms with Crippen LogP contribution in [0.1, 0.15) is 47.0 Å². The van der Waals surface area contributed by atoms with Crippen molar-refractivity contribution in [3.05, 3.63) is 0 Å². The highest BCUT2D eigenvalue weighted by Gasteiger charge is 2.36. The van der Waals surface area contributed by atoms with Crippen molar-refractivity contribution >= 4 is 5.97 Å². The summed E-state index contributed by atoms with van der Waals surface area (Å²) >= 11 is 0. The van der Waals surface area contributed by atoms with Crippen molar-refractivity contribution in [2.24, 2.45) is 0 Å². The molecule has 4 nitrogen and oxygen atoms in total. The van der Waals surface area contributed by atoms with Crippen molar-refractivity contribution in [1.29, 1.82) is 0 Å². The third kappa shape index (κ3) is 4.94. The second-order valence-electron chi connectivity index (χ2n) is 4.63. The molecule has 0 radical (unpaired) electrons. The summed E-state index contributed by atoms with van der Waals surface area (Å²) in [7, 11) is 1.47. The fraction of sp³-hybridized carbons (Fsp3) is 0.929. The lowest BCUT2D eigenvalue weighted by Crippen LogP contribution is -2.54. The van der Waals surface area contributed by atoms with Crippen LogP contribution in [0.3, 0.4) is 0 Å². The van der Waals surface area contributed by atoms with E-state index in [0.717, 1.165) is 45.4 Å². The van der Waals surface area contributed by atoms with Crippen LogP contribution >= 0.6 is 0 Å². The average Bonchev–Trinajstić information content (AvgIpc) is 2.41. The molecule has 0 fully saturated rings. The summed E-state index contributed by atoms with van der Waals surface area (Å²) in [6.45, 7) is 12.3. The zero-order chi connectivity index (χ0) is 14.0. The van der Waals surface area contributed by atoms with Gasteiger partial charge in [-0.1, -0.05) is 34.1 Å². The lowest BCUT2D eigenvalue weighted by Gasteiger charge is -2.32. The smallest absolute Gasteiger partial charge is 0.326 e. The lowest BCUT2D eigenvalue weighted by atomic mass is 9.90. The highest BCUT2D eigenvalue weighted by molar-refractivity contribution is 5.80. The Morgan fingerprint density at radius 3 is 2.22 bits per heavy atom. The zero-order valence-corrected chi connectivity index (χ0v) is 12.7. The van der Waals surface area contributed by atoms with Crippen LogP contribution in [0, 0.1) is 0 Å². The first kappa shape index (κ1) is 17.4. The molecule has 0 aliphatic rings. The predicted molar refractivity (Wildman–Crippen MR) is 75.7 cm³/mol. The summed E-state index contributed by atoms with van der Waals surface area (Å²) in [6, 6.07) is 0. The molecule has 0 aromatic rings. The highest BCUT2D eigenvalue weighted by atomic mass is 16.5. The van der Waals surface area contributed by atoms with Crippen LogP contribution in [0.4, 0.5) is 0 Å². The molecule has 0 saturated carbocycles. The van der Waals surface area contributed by atoms with Gasteiger partial charge >= 0.3 is 5.97 Å². The molecule has 0 aliphatic heterocycles. The normalized spacial score (nSPS) is 14.6. The van der Waals surface area contributed by atoms with E-state index in [1.807, 2.05) is 6.92 Å². The van der Waals surface area contributed by atoms with E-state index in [-0.39, 0.29) is 5.97 Å². The second-order valence-corrected chi connectivity index (χ2v) is 4.63. The van der Waals surface area contributed by atoms with Gasteiger partial charge in [0, 0.05) is 13.1 Å². The number of hydrogen-bond donors (Lipinski definition) is 1. The molecule has 0 aliphatic carbocycles. The van der Waals surface area contributed by atoms with E-state index in [1.165, 1.54) is 7.11 Å². The molecule has 18 heavy (non-hydrogen) atoms. The Morgan fingerprint density at radius 1 is 1.22 bits per heavy atom. The zero-order valence-electron chi connectivity index (χ0n) is 12.7. The van der Waals surface area contributed by atoms with Gasteiger partial charge in [0.15, 0.2) is 0 Å². The van der Waals surface area contributed by atoms with Gasteiger partial charge in [0.05, 0.1) is 7.11 Å². The minimum absolute atomic E-state index is 0.133. The van der Waals surface area contributed by atoms with Crippen LogP contribution < -0.4 is 5.32 Å². The molecular weight excluding hydrogens is 228 g/mol. The molecule has 108 valence electrons. The van der Waals surface area contributed by atoms with Gasteiger partial charge in [0.2, 0.25) is 0 Å². The van der Waals surface area contributed by atoms with Crippen LogP contribution in [0.15, 0.2) is 0 Å². The molecular formula is C14H30N2O2. The second kappa shape index (κ2) is 9.34. The standard InChI is InChI=1S/C14H30N2O2/c1-6-10-14(7-2,13(17)18-5)15-11-12-16(8-3)9-4/h15H,6-12H2,1-5H3. The van der Waals surface area contributed by atoms with E-state index in [2.05, 4.69) is 31.0 Å². The number of carbonyl (C=O) groups excluding carboxylic acids is 1. The maximum atomic E-state index is 12.0. The van der Waals surface area contributed by atoms with Crippen molar-refractivity contribution in [3.8, 4) is 0 Å². The van der Waals surface area contributed by atoms with Crippen molar-refractivity contribution in [1.82, 2.24) is 10.2 Å². The third-order valence-electron chi connectivity index (χ3n) is 3.64. The molecule has 0 aromatic heterocycles. The fourth-order valence-electron chi connectivity index (χ4n) is 2.32. The largest absolute Gasteiger partial charge is 0.468 e. The Morgan fingerprint density at radius 2 is 1.83 bits per heavy atom. The highest BCUT2D eigenvalue weighted by Crippen LogP contribution is 2.19. The minimum Gasteiger partial charge on any atom is -0.468 e. The summed E-state index contributed by atoms with van der Waals surface area (Å²) in [5, 5.41) is 3.42. The number of carbonyl (C=O) groups is 1. The molecule has 0 spiro atoms. The summed E-state index contributed by atoms with van der Waals surface area (Å²) in [6.07, 6.45) is 2.57. The van der Waals surface area contributed by atoms with Gasteiger partial charge in [-0.25, -0.2) is 0 Å². The number of hydrogen-bond acceptors (Lipinski definition) is 4. The summed E-state index contributed by atoms with van der Waals surface area (Å²) in [4.78, 5) is 14.3. The molecule has 0 rings (SSSR count). The van der Waals surface area contributed by atoms with Gasteiger partial charge in [0.1, 0.15) is 5.54 Å². The monoisotopic (exact) mass is 258 g/mol. The van der Waals surface area contributed by atoms with Crippen LogP contribution in [0.5, 0.6) is 0 Å². The first-order valence-electron chi connectivity index (χ1n) is 7.15. The molecule has 0 saturated heterocycles. The number of rotatable bonds is 10. The van der Waals surface area contributed by atoms with E-state index in [9.17, 15) is 4.79 Å². The molecule has 4 heteroatoms. The van der Waals surface area contributed by atoms with Crippen LogP contribution in [-0.4, -0.2) is 49.7 Å². The summed E-state index contributed by atoms with van der Waals surface area (Å²) in [5.41, 5.74) is -0.503. The lowest BCUT2D eigenvalue weighted by molar-refractivity contribution is -0.149. The van der Waals surface area contributed by atoms with Crippen molar-refractivity contribution in [2.45, 2.75) is 52.5 Å². The van der Waals surface area contributed by atoms with Crippen molar-refractivity contribution in [2.75, 3.05) is 33.3 Å². The molecule has 1 unspecified atom stereocenters. The Hall–Kier alpha value is -0.610. The van der Waals surface area contributed by atoms with Gasteiger partial charge in [-0.15, -0.1) is 0 Å². The van der Waals surface area contributed by atoms with E-state index in [0.29, 0.717) is 0 Å². The maximum absolute atomic E-state index is 12.0. The molecule has 0 bridgehead atoms. The van der Waals surface area contributed by atoms with Crippen LogP contribution in [0.25, 0.3) is 0 Å². The number of nitrogens with one attached hydrogen (secondary N) is 1. The van der Waals surface area contributed by atoms with Gasteiger partial charge in [0.25, 0.3) is 0 Å². The van der Waals surface area contributed by atoms with E-state index in [4.69, 9.17) is 4.74 Å². The van der Waals surface area contributed by atoms with Gasteiger partial charge < -0.3 is 15.0 Å². The fourth-order valence-corrected chi connectivity index (χ4v) is 2.32. The predicted octanol–water partition coefficient (Wildman–Crippen LogP) is 2.04. The Bertz CT molecular complexity index is 230. The van der Waals surface area contributed by atoms with Gasteiger partial charge in [-0.3, -0.25) is 4.79 Å². The van der Waals surface area contributed by atoms with Crippen LogP contribution in [0.2, 0.25) is 0 Å². The maximum Gasteiger partial charge on any atom is 0.326 e. The van der Waals surface area contributed by atoms with E-state index in [1.54, 1.807) is 0 Å². The number of nitrogens with zero attached hydrogens (tertiary/aromatic N) is 1. The first-order valence-corrected chi connectivity index (χ1v) is 7.15. The Labute approximate surface area is 112 Å². The van der Waals surface area contributed by atoms with E-state index >= 15 is 0 Å². The molecule has 0 amide bonds. The number of ether oxygens (including phenoxy) is 1. The SMILES string of the molecule is CCCC(CC)(NCCN(CC)CC)C(=O)OC. The molecule has 1 atom stereocenters. The molecule has 0 aromatic carbocycles. The Balaban J connectivity index is 4.45. The van der Waals surface area contributed by atoms with Crippen molar-refractivity contribution < 1.29 is 9.53 Å². The topological polar surface area (TPSA) is 41.6 Å². The number of likely N-dealkylation sites (N-methyl/N-ethyl adjacent to an activating group) is 1. The summed E-state index contributed by atoms with van der Waals surface area (Å²) < 4.78 is 4.95. The molecule has 1 N–H and O–H groups in total. The average molecular weight is 258 g/mol. The summed E-state index contributed by atoms with van der Waals surface area (Å²) in [5.74, 6) is -0.133. The minimum atomic E-state index is -0.503. The van der Waals surface area contributed by atoms with Gasteiger partial charge in [-0.05, 0) is 25.9 Å². The Kier molecular flexibility index (Phi) is 9.02. The van der Waals surface area contributed by atoms with Crippen molar-refractivity contribution in [3.63, 3.8) is 0 Å².